The first-order valence-electron chi connectivity index (χ1n) is 6.23. The maximum absolute atomic E-state index is 13.9. The number of rotatable bonds is 3. The van der Waals surface area contributed by atoms with Gasteiger partial charge in [-0.3, -0.25) is 4.79 Å². The molecule has 3 nitrogen and oxygen atoms in total. The molecule has 1 N–H and O–H groups in total. The Bertz CT molecular complexity index is 690. The van der Waals surface area contributed by atoms with Gasteiger partial charge in [-0.15, -0.1) is 0 Å². The van der Waals surface area contributed by atoms with Crippen molar-refractivity contribution in [3.05, 3.63) is 69.9 Å². The van der Waals surface area contributed by atoms with Crippen LogP contribution in [0.15, 0.2) is 47.5 Å². The lowest BCUT2D eigenvalue weighted by atomic mass is 10.1. The van der Waals surface area contributed by atoms with Gasteiger partial charge in [0.05, 0.1) is 6.61 Å². The summed E-state index contributed by atoms with van der Waals surface area (Å²) in [6.45, 7) is 0.358. The van der Waals surface area contributed by atoms with Crippen molar-refractivity contribution in [2.75, 3.05) is 6.61 Å². The summed E-state index contributed by atoms with van der Waals surface area (Å²) in [6.07, 6.45) is 3.62. The van der Waals surface area contributed by atoms with Crippen molar-refractivity contribution < 1.29 is 9.50 Å². The summed E-state index contributed by atoms with van der Waals surface area (Å²) >= 11 is 0. The molecule has 0 spiro atoms. The molecular formula is C16H14FNO2. The van der Waals surface area contributed by atoms with Gasteiger partial charge < -0.3 is 9.67 Å². The van der Waals surface area contributed by atoms with E-state index in [-0.39, 0.29) is 17.9 Å². The van der Waals surface area contributed by atoms with Gasteiger partial charge in [-0.25, -0.2) is 4.39 Å². The van der Waals surface area contributed by atoms with Crippen LogP contribution in [0.25, 0.3) is 0 Å². The van der Waals surface area contributed by atoms with Crippen LogP contribution in [0, 0.1) is 17.7 Å². The maximum Gasteiger partial charge on any atom is 0.181 e. The van der Waals surface area contributed by atoms with Gasteiger partial charge in [0.1, 0.15) is 5.82 Å². The number of nitrogens with zero attached hydrogens (tertiary/aromatic N) is 1. The van der Waals surface area contributed by atoms with Crippen molar-refractivity contribution in [3.63, 3.8) is 0 Å². The zero-order valence-electron chi connectivity index (χ0n) is 10.8. The van der Waals surface area contributed by atoms with E-state index in [1.807, 2.05) is 0 Å². The van der Waals surface area contributed by atoms with Crippen LogP contribution < -0.4 is 5.43 Å². The number of benzene rings is 1. The lowest BCUT2D eigenvalue weighted by molar-refractivity contribution is 0.305. The number of aromatic nitrogens is 1. The molecule has 1 aromatic carbocycles. The molecule has 0 aliphatic carbocycles. The van der Waals surface area contributed by atoms with Crippen molar-refractivity contribution in [3.8, 4) is 11.8 Å². The first kappa shape index (κ1) is 14.0. The second-order valence-electron chi connectivity index (χ2n) is 4.29. The molecule has 0 atom stereocenters. The molecule has 1 heterocycles. The van der Waals surface area contributed by atoms with Gasteiger partial charge in [0.15, 0.2) is 5.43 Å². The van der Waals surface area contributed by atoms with Gasteiger partial charge in [0, 0.05) is 48.6 Å². The molecule has 2 rings (SSSR count). The monoisotopic (exact) mass is 271 g/mol. The molecule has 102 valence electrons. The van der Waals surface area contributed by atoms with Crippen molar-refractivity contribution in [2.45, 2.75) is 13.0 Å². The zero-order chi connectivity index (χ0) is 14.4. The predicted octanol–water partition coefficient (Wildman–Crippen LogP) is 1.77. The molecule has 0 bridgehead atoms. The van der Waals surface area contributed by atoms with E-state index in [4.69, 9.17) is 5.11 Å². The Labute approximate surface area is 116 Å². The third kappa shape index (κ3) is 3.81. The smallest absolute Gasteiger partial charge is 0.181 e. The summed E-state index contributed by atoms with van der Waals surface area (Å²) in [5, 5.41) is 8.63. The van der Waals surface area contributed by atoms with E-state index in [1.54, 1.807) is 29.1 Å². The average molecular weight is 271 g/mol. The summed E-state index contributed by atoms with van der Waals surface area (Å²) < 4.78 is 15.7. The lowest BCUT2D eigenvalue weighted by Gasteiger charge is -2.07. The predicted molar refractivity (Wildman–Crippen MR) is 74.8 cm³/mol. The molecule has 2 aromatic rings. The Kier molecular flexibility index (Phi) is 4.70. The van der Waals surface area contributed by atoms with Crippen LogP contribution in [0.5, 0.6) is 0 Å². The highest BCUT2D eigenvalue weighted by atomic mass is 19.1. The third-order valence-electron chi connectivity index (χ3n) is 2.74. The Morgan fingerprint density at radius 2 is 1.95 bits per heavy atom. The number of aliphatic hydroxyl groups excluding tert-OH is 1. The number of pyridine rings is 1. The van der Waals surface area contributed by atoms with E-state index < -0.39 is 0 Å². The summed E-state index contributed by atoms with van der Waals surface area (Å²) in [5.41, 5.74) is 1.04. The summed E-state index contributed by atoms with van der Waals surface area (Å²) in [4.78, 5) is 11.0. The van der Waals surface area contributed by atoms with Crippen molar-refractivity contribution in [2.24, 2.45) is 0 Å². The molecular weight excluding hydrogens is 257 g/mol. The average Bonchev–Trinajstić information content (AvgIpc) is 2.44. The van der Waals surface area contributed by atoms with Crippen LogP contribution in [-0.2, 0) is 6.54 Å². The van der Waals surface area contributed by atoms with Crippen molar-refractivity contribution in [1.29, 1.82) is 0 Å². The van der Waals surface area contributed by atoms with Gasteiger partial charge in [-0.1, -0.05) is 17.9 Å². The highest BCUT2D eigenvalue weighted by Gasteiger charge is 2.03. The summed E-state index contributed by atoms with van der Waals surface area (Å²) in [6, 6.07) is 7.67. The van der Waals surface area contributed by atoms with Crippen LogP contribution in [-0.4, -0.2) is 16.3 Å². The van der Waals surface area contributed by atoms with E-state index >= 15 is 0 Å². The van der Waals surface area contributed by atoms with Gasteiger partial charge in [0.2, 0.25) is 0 Å². The number of hydrogen-bond donors (Lipinski definition) is 1. The highest BCUT2D eigenvalue weighted by Crippen LogP contribution is 2.11. The molecule has 0 fully saturated rings. The molecule has 0 saturated carbocycles. The minimum absolute atomic E-state index is 0.0000840. The fraction of sp³-hybridized carbons (Fsp3) is 0.188. The summed E-state index contributed by atoms with van der Waals surface area (Å²) in [7, 11) is 0. The van der Waals surface area contributed by atoms with Gasteiger partial charge in [0.25, 0.3) is 0 Å². The molecule has 4 heteroatoms. The third-order valence-corrected chi connectivity index (χ3v) is 2.74. The molecule has 0 saturated heterocycles. The summed E-state index contributed by atoms with van der Waals surface area (Å²) in [5.74, 6) is 5.20. The van der Waals surface area contributed by atoms with E-state index in [2.05, 4.69) is 11.8 Å². The van der Waals surface area contributed by atoms with Crippen LogP contribution >= 0.6 is 0 Å². The molecule has 0 unspecified atom stereocenters. The Morgan fingerprint density at radius 1 is 1.20 bits per heavy atom. The van der Waals surface area contributed by atoms with Crippen molar-refractivity contribution >= 4 is 0 Å². The topological polar surface area (TPSA) is 42.2 Å². The minimum Gasteiger partial charge on any atom is -0.395 e. The van der Waals surface area contributed by atoms with E-state index in [0.717, 1.165) is 0 Å². The zero-order valence-corrected chi connectivity index (χ0v) is 10.8. The second-order valence-corrected chi connectivity index (χ2v) is 4.29. The minimum atomic E-state index is -0.334. The normalized spacial score (nSPS) is 9.90. The lowest BCUT2D eigenvalue weighted by Crippen LogP contribution is -2.06. The van der Waals surface area contributed by atoms with Crippen LogP contribution in [0.1, 0.15) is 17.5 Å². The van der Waals surface area contributed by atoms with E-state index in [9.17, 15) is 9.18 Å². The second kappa shape index (κ2) is 6.69. The molecule has 0 aliphatic heterocycles. The highest BCUT2D eigenvalue weighted by molar-refractivity contribution is 5.37. The Morgan fingerprint density at radius 3 is 2.60 bits per heavy atom. The first-order chi connectivity index (χ1) is 9.69. The molecule has 0 radical (unpaired) electrons. The number of hydrogen-bond acceptors (Lipinski definition) is 2. The molecule has 0 aliphatic rings. The fourth-order valence-electron chi connectivity index (χ4n) is 1.72. The number of aliphatic hydroxyl groups is 1. The van der Waals surface area contributed by atoms with Crippen LogP contribution in [0.4, 0.5) is 4.39 Å². The largest absolute Gasteiger partial charge is 0.395 e. The van der Waals surface area contributed by atoms with Gasteiger partial charge in [-0.05, 0) is 12.1 Å². The van der Waals surface area contributed by atoms with Crippen LogP contribution in [0.3, 0.4) is 0 Å². The number of halogens is 1. The van der Waals surface area contributed by atoms with E-state index in [1.165, 1.54) is 18.2 Å². The fourth-order valence-corrected chi connectivity index (χ4v) is 1.72. The Hall–Kier alpha value is -2.38. The van der Waals surface area contributed by atoms with E-state index in [0.29, 0.717) is 24.1 Å². The first-order valence-corrected chi connectivity index (χ1v) is 6.23. The Balaban J connectivity index is 2.16. The standard InChI is InChI=1S/C16H14FNO2/c17-16-11-13(3-1-2-10-19)4-5-14(16)12-18-8-6-15(20)7-9-18/h4-9,11,19H,2,10,12H2. The van der Waals surface area contributed by atoms with Gasteiger partial charge >= 0.3 is 0 Å². The molecule has 1 aromatic heterocycles. The van der Waals surface area contributed by atoms with Crippen LogP contribution in [0.2, 0.25) is 0 Å². The van der Waals surface area contributed by atoms with Crippen molar-refractivity contribution in [1.82, 2.24) is 4.57 Å². The quantitative estimate of drug-likeness (QED) is 0.864. The molecule has 20 heavy (non-hydrogen) atoms. The SMILES string of the molecule is O=c1ccn(Cc2ccc(C#CCCO)cc2F)cc1. The molecule has 0 amide bonds. The maximum atomic E-state index is 13.9. The van der Waals surface area contributed by atoms with Gasteiger partial charge in [-0.2, -0.15) is 0 Å².